The van der Waals surface area contributed by atoms with E-state index in [0.29, 0.717) is 44.9 Å². The summed E-state index contributed by atoms with van der Waals surface area (Å²) in [7, 11) is -3.79. The molecule has 0 radical (unpaired) electrons. The smallest absolute Gasteiger partial charge is 0.427 e. The summed E-state index contributed by atoms with van der Waals surface area (Å²) in [6.45, 7) is 7.22. The summed E-state index contributed by atoms with van der Waals surface area (Å²) < 4.78 is 71.6. The fourth-order valence-electron chi connectivity index (χ4n) is 7.08. The van der Waals surface area contributed by atoms with Crippen molar-refractivity contribution in [3.05, 3.63) is 0 Å². The van der Waals surface area contributed by atoms with Crippen LogP contribution < -0.4 is 15.4 Å². The number of amides is 4. The molecule has 47 heavy (non-hydrogen) atoms. The van der Waals surface area contributed by atoms with E-state index in [1.54, 1.807) is 6.92 Å². The summed E-state index contributed by atoms with van der Waals surface area (Å²) in [6, 6.07) is -2.06. The van der Waals surface area contributed by atoms with Gasteiger partial charge in [-0.2, -0.15) is 13.2 Å². The van der Waals surface area contributed by atoms with Gasteiger partial charge in [0.15, 0.2) is 0 Å². The lowest BCUT2D eigenvalue weighted by atomic mass is 9.84. The number of fused-ring (bicyclic) bond motifs is 2. The minimum Gasteiger partial charge on any atom is -0.434 e. The van der Waals surface area contributed by atoms with Gasteiger partial charge in [-0.15, -0.1) is 0 Å². The number of nitrogens with zero attached hydrogens (tertiary/aromatic N) is 1. The molecule has 0 bridgehead atoms. The zero-order chi connectivity index (χ0) is 35.0. The highest BCUT2D eigenvalue weighted by Gasteiger charge is 2.56. The van der Waals surface area contributed by atoms with Crippen molar-refractivity contribution in [1.29, 1.82) is 0 Å². The normalized spacial score (nSPS) is 31.7. The Hall–Kier alpha value is -2.58. The molecule has 0 aromatic carbocycles. The molecule has 6 atom stereocenters. The Kier molecular flexibility index (Phi) is 10.9. The van der Waals surface area contributed by atoms with Gasteiger partial charge in [-0.25, -0.2) is 13.2 Å². The molecule has 268 valence electrons. The number of halogens is 3. The number of ether oxygens (including phenoxy) is 1. The number of carbonyl (C=O) groups excluding carboxylic acids is 4. The van der Waals surface area contributed by atoms with Crippen molar-refractivity contribution < 1.29 is 45.5 Å². The van der Waals surface area contributed by atoms with Gasteiger partial charge in [0.05, 0.1) is 4.75 Å². The van der Waals surface area contributed by atoms with Gasteiger partial charge in [-0.3, -0.25) is 19.1 Å². The van der Waals surface area contributed by atoms with Crippen LogP contribution >= 0.6 is 0 Å². The summed E-state index contributed by atoms with van der Waals surface area (Å²) in [6.07, 6.45) is 0.904. The molecule has 0 spiro atoms. The standard InChI is InChI=1S/C32H51F3N4O7S/c1-6-21-18-20(2)10-7-8-11-22-19-31(22,14-13-24(40)38-47(44,45)30(5)15-16-30)37-26(41)23-12-9-17-39(23)27(42)25(21)36-28(43)46-29(3,4)32(33,34)35/h20-23,25H,6-19H2,1-5H3,(H,36,43)(H,37,41)(H,38,40). The molecular weight excluding hydrogens is 641 g/mol. The van der Waals surface area contributed by atoms with Gasteiger partial charge in [-0.05, 0) is 89.9 Å². The second-order valence-electron chi connectivity index (χ2n) is 15.0. The molecule has 2 aliphatic heterocycles. The van der Waals surface area contributed by atoms with Crippen LogP contribution in [0.25, 0.3) is 0 Å². The van der Waals surface area contributed by atoms with Gasteiger partial charge < -0.3 is 20.3 Å². The highest BCUT2D eigenvalue weighted by atomic mass is 32.2. The van der Waals surface area contributed by atoms with E-state index in [0.717, 1.165) is 39.5 Å². The maximum absolute atomic E-state index is 14.1. The van der Waals surface area contributed by atoms with E-state index >= 15 is 0 Å². The van der Waals surface area contributed by atoms with Gasteiger partial charge in [0, 0.05) is 18.5 Å². The molecule has 2 heterocycles. The van der Waals surface area contributed by atoms with E-state index in [-0.39, 0.29) is 31.2 Å². The van der Waals surface area contributed by atoms with Crippen molar-refractivity contribution in [2.24, 2.45) is 17.8 Å². The molecule has 2 saturated carbocycles. The third-order valence-electron chi connectivity index (χ3n) is 10.9. The SMILES string of the molecule is CCC1CC(C)CCCCC2CC2(CCC(=O)NS(=O)(=O)C2(C)CC2)NC(=O)C2CCCN2C(=O)C1NC(=O)OC(C)(C)C(F)(F)F. The van der Waals surface area contributed by atoms with Crippen molar-refractivity contribution in [1.82, 2.24) is 20.3 Å². The first kappa shape index (κ1) is 37.2. The third-order valence-corrected chi connectivity index (χ3v) is 13.1. The predicted molar refractivity (Wildman–Crippen MR) is 167 cm³/mol. The molecule has 11 nitrogen and oxygen atoms in total. The molecular formula is C32H51F3N4O7S. The van der Waals surface area contributed by atoms with Crippen LogP contribution in [0.15, 0.2) is 0 Å². The third kappa shape index (κ3) is 8.54. The van der Waals surface area contributed by atoms with Crippen LogP contribution in [0, 0.1) is 17.8 Å². The van der Waals surface area contributed by atoms with E-state index in [2.05, 4.69) is 15.4 Å². The Morgan fingerprint density at radius 2 is 1.74 bits per heavy atom. The molecule has 2 aliphatic carbocycles. The van der Waals surface area contributed by atoms with Crippen molar-refractivity contribution in [3.8, 4) is 0 Å². The number of hydrogen-bond donors (Lipinski definition) is 3. The van der Waals surface area contributed by atoms with Crippen LogP contribution in [-0.4, -0.2) is 77.8 Å². The Morgan fingerprint density at radius 3 is 2.36 bits per heavy atom. The Morgan fingerprint density at radius 1 is 1.09 bits per heavy atom. The van der Waals surface area contributed by atoms with Gasteiger partial charge in [0.1, 0.15) is 12.1 Å². The van der Waals surface area contributed by atoms with Gasteiger partial charge in [-0.1, -0.05) is 39.5 Å². The Bertz CT molecular complexity index is 1320. The van der Waals surface area contributed by atoms with Crippen LogP contribution in [0.4, 0.5) is 18.0 Å². The number of rotatable bonds is 8. The quantitative estimate of drug-likeness (QED) is 0.334. The van der Waals surface area contributed by atoms with E-state index in [9.17, 15) is 40.8 Å². The number of hydrogen-bond acceptors (Lipinski definition) is 7. The van der Waals surface area contributed by atoms with Gasteiger partial charge >= 0.3 is 12.3 Å². The lowest BCUT2D eigenvalue weighted by Gasteiger charge is -2.35. The van der Waals surface area contributed by atoms with Crippen LogP contribution in [0.5, 0.6) is 0 Å². The average Bonchev–Trinajstić information content (AvgIpc) is 3.81. The topological polar surface area (TPSA) is 151 Å². The Balaban J connectivity index is 1.53. The maximum Gasteiger partial charge on any atom is 0.427 e. The van der Waals surface area contributed by atoms with Crippen LogP contribution in [0.1, 0.15) is 118 Å². The average molecular weight is 693 g/mol. The first-order valence-corrected chi connectivity index (χ1v) is 18.5. The van der Waals surface area contributed by atoms with Crippen molar-refractivity contribution >= 4 is 33.8 Å². The molecule has 2 saturated heterocycles. The molecule has 4 fully saturated rings. The fraction of sp³-hybridized carbons (Fsp3) is 0.875. The van der Waals surface area contributed by atoms with Crippen molar-refractivity contribution in [2.45, 2.75) is 152 Å². The van der Waals surface area contributed by atoms with Crippen LogP contribution in [0.3, 0.4) is 0 Å². The summed E-state index contributed by atoms with van der Waals surface area (Å²) in [5.74, 6) is -1.70. The lowest BCUT2D eigenvalue weighted by molar-refractivity contribution is -0.244. The summed E-state index contributed by atoms with van der Waals surface area (Å²) in [5.41, 5.74) is -3.49. The molecule has 6 unspecified atom stereocenters. The molecule has 4 amide bonds. The van der Waals surface area contributed by atoms with E-state index in [4.69, 9.17) is 4.74 Å². The molecule has 15 heteroatoms. The number of sulfonamides is 1. The first-order chi connectivity index (χ1) is 21.7. The zero-order valence-corrected chi connectivity index (χ0v) is 28.9. The van der Waals surface area contributed by atoms with Crippen LogP contribution in [-0.2, 0) is 29.1 Å². The monoisotopic (exact) mass is 692 g/mol. The summed E-state index contributed by atoms with van der Waals surface area (Å²) in [5, 5.41) is 5.58. The maximum atomic E-state index is 14.1. The van der Waals surface area contributed by atoms with Crippen molar-refractivity contribution in [2.75, 3.05) is 6.54 Å². The number of carbonyl (C=O) groups is 4. The fourth-order valence-corrected chi connectivity index (χ4v) is 8.37. The second-order valence-corrected chi connectivity index (χ2v) is 17.2. The Labute approximate surface area is 275 Å². The molecule has 0 aromatic rings. The minimum atomic E-state index is -4.83. The zero-order valence-electron chi connectivity index (χ0n) is 28.1. The molecule has 4 aliphatic rings. The number of alkyl carbamates (subject to hydrolysis) is 1. The first-order valence-electron chi connectivity index (χ1n) is 17.0. The number of nitrogens with one attached hydrogen (secondary N) is 3. The van der Waals surface area contributed by atoms with E-state index < -0.39 is 73.9 Å². The highest BCUT2D eigenvalue weighted by molar-refractivity contribution is 7.91. The van der Waals surface area contributed by atoms with E-state index in [1.165, 1.54) is 4.90 Å². The second kappa shape index (κ2) is 13.7. The molecule has 0 aromatic heterocycles. The molecule has 4 rings (SSSR count). The van der Waals surface area contributed by atoms with Crippen molar-refractivity contribution in [3.63, 3.8) is 0 Å². The van der Waals surface area contributed by atoms with E-state index in [1.807, 2.05) is 13.8 Å². The predicted octanol–water partition coefficient (Wildman–Crippen LogP) is 4.69. The van der Waals surface area contributed by atoms with Crippen LogP contribution in [0.2, 0.25) is 0 Å². The molecule has 3 N–H and O–H groups in total. The van der Waals surface area contributed by atoms with Gasteiger partial charge in [0.25, 0.3) is 0 Å². The highest BCUT2D eigenvalue weighted by Crippen LogP contribution is 2.50. The summed E-state index contributed by atoms with van der Waals surface area (Å²) >= 11 is 0. The largest absolute Gasteiger partial charge is 0.434 e. The number of alkyl halides is 3. The van der Waals surface area contributed by atoms with Gasteiger partial charge in [0.2, 0.25) is 33.3 Å². The summed E-state index contributed by atoms with van der Waals surface area (Å²) in [4.78, 5) is 55.0. The lowest BCUT2D eigenvalue weighted by Crippen LogP contribution is -2.58. The minimum absolute atomic E-state index is 0.0863.